The van der Waals surface area contributed by atoms with Gasteiger partial charge in [0.15, 0.2) is 0 Å². The summed E-state index contributed by atoms with van der Waals surface area (Å²) in [6.45, 7) is 30.3. The summed E-state index contributed by atoms with van der Waals surface area (Å²) in [6.07, 6.45) is 0. The van der Waals surface area contributed by atoms with Crippen molar-refractivity contribution in [3.63, 3.8) is 0 Å². The molecule has 0 unspecified atom stereocenters. The Hall–Kier alpha value is -1.56. The molecule has 0 aromatic heterocycles. The Morgan fingerprint density at radius 1 is 0.483 bits per heavy atom. The van der Waals surface area contributed by atoms with Crippen LogP contribution in [0.25, 0.3) is 11.1 Å². The van der Waals surface area contributed by atoms with E-state index in [2.05, 4.69) is 120 Å². The average Bonchev–Trinajstić information content (AvgIpc) is 2.50. The predicted molar refractivity (Wildman–Crippen MR) is 131 cm³/mol. The second-order valence-electron chi connectivity index (χ2n) is 13.0. The van der Waals surface area contributed by atoms with Crippen LogP contribution >= 0.6 is 0 Å². The second kappa shape index (κ2) is 7.29. The molecular formula is C29H44. The quantitative estimate of drug-likeness (QED) is 0.454. The van der Waals surface area contributed by atoms with E-state index in [0.29, 0.717) is 0 Å². The molecule has 2 aromatic carbocycles. The van der Waals surface area contributed by atoms with E-state index in [1.54, 1.807) is 0 Å². The lowest BCUT2D eigenvalue weighted by molar-refractivity contribution is 0.562. The van der Waals surface area contributed by atoms with Crippen LogP contribution in [-0.2, 0) is 21.7 Å². The van der Waals surface area contributed by atoms with Crippen molar-refractivity contribution in [1.29, 1.82) is 0 Å². The summed E-state index contributed by atoms with van der Waals surface area (Å²) in [4.78, 5) is 0. The highest BCUT2D eigenvalue weighted by molar-refractivity contribution is 5.78. The molecule has 2 rings (SSSR count). The van der Waals surface area contributed by atoms with Gasteiger partial charge in [-0.2, -0.15) is 0 Å². The monoisotopic (exact) mass is 392 g/mol. The van der Waals surface area contributed by atoms with Gasteiger partial charge < -0.3 is 0 Å². The van der Waals surface area contributed by atoms with Crippen LogP contribution in [0.4, 0.5) is 0 Å². The number of hydrogen-bond acceptors (Lipinski definition) is 0. The van der Waals surface area contributed by atoms with E-state index in [4.69, 9.17) is 0 Å². The molecule has 0 fully saturated rings. The summed E-state index contributed by atoms with van der Waals surface area (Å²) in [5.41, 5.74) is 10.4. The van der Waals surface area contributed by atoms with Gasteiger partial charge in [-0.15, -0.1) is 0 Å². The molecule has 0 saturated heterocycles. The van der Waals surface area contributed by atoms with Crippen molar-refractivity contribution < 1.29 is 0 Å². The molecule has 0 heterocycles. The van der Waals surface area contributed by atoms with Crippen molar-refractivity contribution in [3.05, 3.63) is 58.1 Å². The Kier molecular flexibility index (Phi) is 5.96. The lowest BCUT2D eigenvalue weighted by atomic mass is 9.70. The fourth-order valence-electron chi connectivity index (χ4n) is 4.11. The van der Waals surface area contributed by atoms with Crippen LogP contribution < -0.4 is 0 Å². The van der Waals surface area contributed by atoms with E-state index in [1.165, 1.54) is 38.9 Å². The zero-order valence-corrected chi connectivity index (χ0v) is 21.4. The maximum absolute atomic E-state index is 2.47. The van der Waals surface area contributed by atoms with Gasteiger partial charge >= 0.3 is 0 Å². The van der Waals surface area contributed by atoms with Crippen LogP contribution in [0.2, 0.25) is 0 Å². The summed E-state index contributed by atoms with van der Waals surface area (Å²) < 4.78 is 0. The van der Waals surface area contributed by atoms with Gasteiger partial charge in [-0.3, -0.25) is 0 Å². The standard InChI is InChI=1S/C29H44/c1-19-16-23(28(8,9)10)25(24(17-19)29(11,12)13)21-15-14-20(26(2,3)4)18-22(21)27(5,6)7/h14-18H,1-13H3. The third-order valence-corrected chi connectivity index (χ3v) is 5.86. The predicted octanol–water partition coefficient (Wildman–Crippen LogP) is 8.85. The molecule has 0 radical (unpaired) electrons. The molecule has 0 aliphatic carbocycles. The summed E-state index contributed by atoms with van der Waals surface area (Å²) in [6, 6.07) is 12.0. The van der Waals surface area contributed by atoms with Crippen molar-refractivity contribution in [2.24, 2.45) is 0 Å². The minimum atomic E-state index is 0.0752. The molecule has 0 aliphatic rings. The molecule has 0 aliphatic heterocycles. The minimum Gasteiger partial charge on any atom is -0.0579 e. The van der Waals surface area contributed by atoms with Crippen molar-refractivity contribution in [2.45, 2.75) is 112 Å². The molecule has 0 spiro atoms. The molecular weight excluding hydrogens is 348 g/mol. The number of aryl methyl sites for hydroxylation is 1. The maximum Gasteiger partial charge on any atom is -0.0106 e. The van der Waals surface area contributed by atoms with Crippen LogP contribution in [0.15, 0.2) is 30.3 Å². The highest BCUT2D eigenvalue weighted by atomic mass is 14.3. The second-order valence-corrected chi connectivity index (χ2v) is 13.0. The first-order valence-corrected chi connectivity index (χ1v) is 11.1. The van der Waals surface area contributed by atoms with E-state index in [0.717, 1.165) is 0 Å². The summed E-state index contributed by atoms with van der Waals surface area (Å²) in [7, 11) is 0. The molecule has 0 atom stereocenters. The highest BCUT2D eigenvalue weighted by Gasteiger charge is 2.30. The summed E-state index contributed by atoms with van der Waals surface area (Å²) in [5.74, 6) is 0. The lowest BCUT2D eigenvalue weighted by Crippen LogP contribution is -2.22. The van der Waals surface area contributed by atoms with E-state index >= 15 is 0 Å². The van der Waals surface area contributed by atoms with Gasteiger partial charge in [0.2, 0.25) is 0 Å². The van der Waals surface area contributed by atoms with Gasteiger partial charge in [0, 0.05) is 0 Å². The normalized spacial score (nSPS) is 13.7. The molecule has 0 nitrogen and oxygen atoms in total. The number of benzene rings is 2. The van der Waals surface area contributed by atoms with Crippen LogP contribution in [0.1, 0.15) is 111 Å². The SMILES string of the molecule is Cc1cc(C(C)(C)C)c(-c2ccc(C(C)(C)C)cc2C(C)(C)C)c(C(C)(C)C)c1. The third-order valence-electron chi connectivity index (χ3n) is 5.86. The maximum atomic E-state index is 2.47. The molecule has 0 bridgehead atoms. The van der Waals surface area contributed by atoms with E-state index in [9.17, 15) is 0 Å². The highest BCUT2D eigenvalue weighted by Crippen LogP contribution is 2.45. The van der Waals surface area contributed by atoms with Crippen LogP contribution in [0, 0.1) is 6.92 Å². The summed E-state index contributed by atoms with van der Waals surface area (Å²) in [5, 5.41) is 0. The molecule has 2 aromatic rings. The van der Waals surface area contributed by atoms with Gasteiger partial charge in [-0.1, -0.05) is 119 Å². The first-order valence-electron chi connectivity index (χ1n) is 11.1. The van der Waals surface area contributed by atoms with E-state index < -0.39 is 0 Å². The molecule has 0 saturated carbocycles. The topological polar surface area (TPSA) is 0 Å². The van der Waals surface area contributed by atoms with Gasteiger partial charge in [-0.05, 0) is 62.0 Å². The average molecular weight is 393 g/mol. The van der Waals surface area contributed by atoms with E-state index in [1.807, 2.05) is 0 Å². The Morgan fingerprint density at radius 3 is 1.24 bits per heavy atom. The molecule has 0 amide bonds. The van der Waals surface area contributed by atoms with Gasteiger partial charge in [0.1, 0.15) is 0 Å². The van der Waals surface area contributed by atoms with Crippen molar-refractivity contribution >= 4 is 0 Å². The first-order chi connectivity index (χ1) is 12.8. The molecule has 160 valence electrons. The van der Waals surface area contributed by atoms with Crippen LogP contribution in [-0.4, -0.2) is 0 Å². The third kappa shape index (κ3) is 5.14. The van der Waals surface area contributed by atoms with Crippen molar-refractivity contribution in [3.8, 4) is 11.1 Å². The van der Waals surface area contributed by atoms with Crippen LogP contribution in [0.5, 0.6) is 0 Å². The number of hydrogen-bond donors (Lipinski definition) is 0. The fourth-order valence-corrected chi connectivity index (χ4v) is 4.11. The Balaban J connectivity index is 3.04. The van der Waals surface area contributed by atoms with Gasteiger partial charge in [0.05, 0.1) is 0 Å². The van der Waals surface area contributed by atoms with Gasteiger partial charge in [-0.25, -0.2) is 0 Å². The molecule has 0 heteroatoms. The molecule has 29 heavy (non-hydrogen) atoms. The summed E-state index contributed by atoms with van der Waals surface area (Å²) >= 11 is 0. The first kappa shape index (κ1) is 23.7. The Labute approximate surface area is 181 Å². The number of rotatable bonds is 1. The largest absolute Gasteiger partial charge is 0.0579 e. The van der Waals surface area contributed by atoms with E-state index in [-0.39, 0.29) is 21.7 Å². The zero-order chi connectivity index (χ0) is 22.6. The smallest absolute Gasteiger partial charge is 0.0106 e. The van der Waals surface area contributed by atoms with Crippen LogP contribution in [0.3, 0.4) is 0 Å². The Morgan fingerprint density at radius 2 is 0.897 bits per heavy atom. The van der Waals surface area contributed by atoms with Crippen molar-refractivity contribution in [2.75, 3.05) is 0 Å². The van der Waals surface area contributed by atoms with Gasteiger partial charge in [0.25, 0.3) is 0 Å². The molecule has 0 N–H and O–H groups in total. The minimum absolute atomic E-state index is 0.0752. The fraction of sp³-hybridized carbons (Fsp3) is 0.586. The lowest BCUT2D eigenvalue weighted by Gasteiger charge is -2.34. The van der Waals surface area contributed by atoms with Crippen molar-refractivity contribution in [1.82, 2.24) is 0 Å². The zero-order valence-electron chi connectivity index (χ0n) is 21.4. The Bertz CT molecular complexity index is 847.